The van der Waals surface area contributed by atoms with Crippen LogP contribution in [0.5, 0.6) is 0 Å². The van der Waals surface area contributed by atoms with Gasteiger partial charge >= 0.3 is 5.97 Å². The summed E-state index contributed by atoms with van der Waals surface area (Å²) in [7, 11) is 4.62. The highest BCUT2D eigenvalue weighted by molar-refractivity contribution is 6.39. The topological polar surface area (TPSA) is 204 Å². The number of rotatable bonds is 8. The molecule has 3 aliphatic heterocycles. The van der Waals surface area contributed by atoms with Crippen LogP contribution in [0.2, 0.25) is 0 Å². The number of ether oxygens (including phenoxy) is 5. The average molecular weight is 895 g/mol. The third-order valence-corrected chi connectivity index (χ3v) is 14.1. The Morgan fingerprint density at radius 3 is 2.31 bits per heavy atom. The molecule has 5 N–H and O–H groups in total. The van der Waals surface area contributed by atoms with Crippen LogP contribution in [0.15, 0.2) is 53.6 Å². The molecule has 1 aliphatic carbocycles. The van der Waals surface area contributed by atoms with Gasteiger partial charge in [-0.2, -0.15) is 0 Å². The summed E-state index contributed by atoms with van der Waals surface area (Å²) < 4.78 is 30.0. The number of allylic oxidation sites excluding steroid dienone is 4. The first-order valence-corrected chi connectivity index (χ1v) is 23.2. The number of hydrogen-bond donors (Lipinski definition) is 4. The number of carbonyl (C=O) groups is 4. The molecule has 1 aromatic carbocycles. The van der Waals surface area contributed by atoms with Crippen molar-refractivity contribution >= 4 is 35.2 Å². The summed E-state index contributed by atoms with van der Waals surface area (Å²) >= 11 is 0. The molecule has 3 fully saturated rings. The zero-order valence-electron chi connectivity index (χ0n) is 39.2. The molecule has 1 aromatic rings. The maximum absolute atomic E-state index is 14.5. The molecule has 64 heavy (non-hydrogen) atoms. The molecular formula is C50H74N2O12. The monoisotopic (exact) mass is 895 g/mol. The number of hydrogen-bond acceptors (Lipinski definition) is 13. The van der Waals surface area contributed by atoms with Crippen molar-refractivity contribution in [1.82, 2.24) is 4.90 Å². The quantitative estimate of drug-likeness (QED) is 0.106. The van der Waals surface area contributed by atoms with Gasteiger partial charge in [-0.25, -0.2) is 4.79 Å². The summed E-state index contributed by atoms with van der Waals surface area (Å²) in [6, 6.07) is 6.28. The Morgan fingerprint density at radius 1 is 0.922 bits per heavy atom. The number of amides is 1. The van der Waals surface area contributed by atoms with Gasteiger partial charge < -0.3 is 49.6 Å². The molecule has 14 heteroatoms. The Morgan fingerprint density at radius 2 is 1.62 bits per heavy atom. The van der Waals surface area contributed by atoms with Crippen molar-refractivity contribution in [2.24, 2.45) is 29.6 Å². The molecule has 0 spiro atoms. The third kappa shape index (κ3) is 12.6. The SMILES string of the molecule is CO[C@H]1C[C@@H](C)C/C(C)=C/[C@@H](C/C=C/c2cccc(N)c2)C(=O)C[C@H](O)[C@@H](C)[C@@H](/C(C)=C/[C@@H]2CC[C@@H](O)[C@H](OC)C2)OC(=O)[C@@H]2CCCCN2C(=O)C(=O)[C@]2(O)O[C@H]1[C@@H](OC)C[C@H]2C. The van der Waals surface area contributed by atoms with E-state index in [1.807, 2.05) is 63.3 Å². The van der Waals surface area contributed by atoms with Crippen LogP contribution in [0.3, 0.4) is 0 Å². The van der Waals surface area contributed by atoms with Crippen LogP contribution < -0.4 is 5.73 Å². The third-order valence-electron chi connectivity index (χ3n) is 14.1. The number of cyclic esters (lactones) is 1. The van der Waals surface area contributed by atoms with Crippen molar-refractivity contribution < 1.29 is 58.2 Å². The molecule has 2 saturated heterocycles. The van der Waals surface area contributed by atoms with Crippen LogP contribution in [-0.4, -0.2) is 126 Å². The lowest BCUT2D eigenvalue weighted by molar-refractivity contribution is -0.302. The molecule has 4 aliphatic rings. The number of fused-ring (bicyclic) bond motifs is 3. The van der Waals surface area contributed by atoms with Crippen molar-refractivity contribution in [3.63, 3.8) is 0 Å². The number of Topliss-reactive ketones (excluding diaryl/α,β-unsaturated/α-hetero) is 2. The summed E-state index contributed by atoms with van der Waals surface area (Å²) in [5.41, 5.74) is 9.12. The van der Waals surface area contributed by atoms with E-state index in [0.29, 0.717) is 62.6 Å². The van der Waals surface area contributed by atoms with Crippen molar-refractivity contribution in [2.75, 3.05) is 33.6 Å². The molecule has 2 bridgehead atoms. The largest absolute Gasteiger partial charge is 0.456 e. The van der Waals surface area contributed by atoms with E-state index >= 15 is 0 Å². The number of nitrogen functional groups attached to an aromatic ring is 1. The fourth-order valence-electron chi connectivity index (χ4n) is 10.3. The summed E-state index contributed by atoms with van der Waals surface area (Å²) in [6.07, 6.45) is 6.79. The first-order valence-electron chi connectivity index (χ1n) is 23.2. The number of anilines is 1. The number of benzene rings is 1. The van der Waals surface area contributed by atoms with E-state index in [1.165, 1.54) is 19.1 Å². The molecule has 0 unspecified atom stereocenters. The first-order chi connectivity index (χ1) is 30.4. The average Bonchev–Trinajstić information content (AvgIpc) is 3.27. The molecule has 1 saturated carbocycles. The Hall–Kier alpha value is -3.76. The highest BCUT2D eigenvalue weighted by atomic mass is 16.7. The molecule has 3 heterocycles. The van der Waals surface area contributed by atoms with Crippen molar-refractivity contribution in [3.05, 3.63) is 59.2 Å². The number of carbonyl (C=O) groups excluding carboxylic acids is 4. The second-order valence-corrected chi connectivity index (χ2v) is 19.1. The van der Waals surface area contributed by atoms with E-state index in [9.17, 15) is 34.5 Å². The number of esters is 1. The van der Waals surface area contributed by atoms with Gasteiger partial charge in [-0.3, -0.25) is 14.4 Å². The summed E-state index contributed by atoms with van der Waals surface area (Å²) in [4.78, 5) is 58.7. The van der Waals surface area contributed by atoms with Crippen LogP contribution in [0.1, 0.15) is 111 Å². The van der Waals surface area contributed by atoms with Gasteiger partial charge in [0.1, 0.15) is 24.0 Å². The van der Waals surface area contributed by atoms with Gasteiger partial charge in [0.25, 0.3) is 11.7 Å². The first kappa shape index (κ1) is 51.2. The minimum Gasteiger partial charge on any atom is -0.456 e. The molecule has 14 nitrogen and oxygen atoms in total. The highest BCUT2D eigenvalue weighted by Gasteiger charge is 2.56. The van der Waals surface area contributed by atoms with E-state index in [4.69, 9.17) is 29.4 Å². The van der Waals surface area contributed by atoms with Gasteiger partial charge in [-0.1, -0.05) is 62.8 Å². The number of ketones is 2. The van der Waals surface area contributed by atoms with E-state index < -0.39 is 83.9 Å². The maximum atomic E-state index is 14.5. The smallest absolute Gasteiger partial charge is 0.329 e. The minimum absolute atomic E-state index is 0.0234. The van der Waals surface area contributed by atoms with Gasteiger partial charge in [0.05, 0.1) is 30.5 Å². The number of aliphatic hydroxyl groups excluding tert-OH is 2. The molecule has 0 radical (unpaired) electrons. The predicted molar refractivity (Wildman–Crippen MR) is 242 cm³/mol. The van der Waals surface area contributed by atoms with Gasteiger partial charge in [-0.05, 0) is 113 Å². The number of aliphatic hydroxyl groups is 3. The Kier molecular flexibility index (Phi) is 18.5. The van der Waals surface area contributed by atoms with Gasteiger partial charge in [0.2, 0.25) is 5.79 Å². The van der Waals surface area contributed by atoms with E-state index in [-0.39, 0.29) is 49.5 Å². The molecule has 1 amide bonds. The molecule has 0 aromatic heterocycles. The lowest BCUT2D eigenvalue weighted by Gasteiger charge is -2.47. The zero-order valence-corrected chi connectivity index (χ0v) is 39.2. The second kappa shape index (κ2) is 23.1. The summed E-state index contributed by atoms with van der Waals surface area (Å²) in [5, 5.41) is 34.6. The highest BCUT2D eigenvalue weighted by Crippen LogP contribution is 2.39. The van der Waals surface area contributed by atoms with Crippen molar-refractivity contribution in [3.8, 4) is 0 Å². The van der Waals surface area contributed by atoms with Gasteiger partial charge in [-0.15, -0.1) is 0 Å². The van der Waals surface area contributed by atoms with Crippen LogP contribution in [0, 0.1) is 29.6 Å². The molecular weight excluding hydrogens is 821 g/mol. The van der Waals surface area contributed by atoms with Gasteiger partial charge in [0, 0.05) is 57.7 Å². The molecule has 5 rings (SSSR count). The van der Waals surface area contributed by atoms with Crippen LogP contribution in [-0.2, 0) is 42.9 Å². The lowest BCUT2D eigenvalue weighted by atomic mass is 9.81. The van der Waals surface area contributed by atoms with E-state index in [1.54, 1.807) is 27.0 Å². The Bertz CT molecular complexity index is 1860. The fourth-order valence-corrected chi connectivity index (χ4v) is 10.3. The van der Waals surface area contributed by atoms with Crippen LogP contribution >= 0.6 is 0 Å². The molecule has 356 valence electrons. The zero-order chi connectivity index (χ0) is 46.9. The number of methoxy groups -OCH3 is 3. The number of piperidine rings is 1. The molecule has 14 atom stereocenters. The summed E-state index contributed by atoms with van der Waals surface area (Å²) in [5.74, 6) is -7.98. The predicted octanol–water partition coefficient (Wildman–Crippen LogP) is 5.75. The second-order valence-electron chi connectivity index (χ2n) is 19.1. The number of nitrogens with zero attached hydrogens (tertiary/aromatic N) is 1. The standard InChI is InChI=1S/C50H74N2O12/c1-29-21-30(2)23-43(61-7)46-44(62-8)25-32(4)50(59,64-46)47(56)48(57)52-20-10-9-17-38(52)49(58)63-45(31(3)24-35-18-19-39(53)42(27-35)60-6)33(5)40(54)28-41(55)36(22-29)15-11-13-34-14-12-16-37(51)26-34/h11-14,16,22,24,26,30,32-33,35-36,38-40,42-46,53-54,59H,9-10,15,17-21,23,25,27-28,51H2,1-8H3/b13-11+,29-22+,31-24+/t30-,32+,33+,35-,36+,38-,39+,40-,42+,43-,44-,45+,46+,50+/m0/s1. The maximum Gasteiger partial charge on any atom is 0.329 e. The normalized spacial score (nSPS) is 37.9. The van der Waals surface area contributed by atoms with Crippen LogP contribution in [0.25, 0.3) is 6.08 Å². The Labute approximate surface area is 379 Å². The number of nitrogens with two attached hydrogens (primary N) is 1. The minimum atomic E-state index is -2.53. The van der Waals surface area contributed by atoms with Crippen molar-refractivity contribution in [2.45, 2.75) is 160 Å². The van der Waals surface area contributed by atoms with Crippen LogP contribution in [0.4, 0.5) is 5.69 Å². The van der Waals surface area contributed by atoms with E-state index in [2.05, 4.69) is 0 Å². The lowest BCUT2D eigenvalue weighted by Crippen LogP contribution is -2.64. The van der Waals surface area contributed by atoms with Gasteiger partial charge in [0.15, 0.2) is 0 Å². The fraction of sp³-hybridized carbons (Fsp3) is 0.680. The Balaban J connectivity index is 1.56. The van der Waals surface area contributed by atoms with Crippen molar-refractivity contribution in [1.29, 1.82) is 0 Å². The van der Waals surface area contributed by atoms with E-state index in [0.717, 1.165) is 11.1 Å². The summed E-state index contributed by atoms with van der Waals surface area (Å²) in [6.45, 7) is 9.27.